The molecule has 0 aliphatic rings. The maximum absolute atomic E-state index is 13.0. The summed E-state index contributed by atoms with van der Waals surface area (Å²) in [5.74, 6) is -5.48. The Bertz CT molecular complexity index is 906. The fourth-order valence-corrected chi connectivity index (χ4v) is 2.86. The van der Waals surface area contributed by atoms with Crippen molar-refractivity contribution in [1.29, 1.82) is 0 Å². The SMILES string of the molecule is Cc1ccc(OS(=O)(=O)c2ccc(C)c(OCC(F)(F)C(F)(F)F)c2)cc1. The quantitative estimate of drug-likeness (QED) is 0.514. The van der Waals surface area contributed by atoms with Crippen LogP contribution in [0.2, 0.25) is 0 Å². The van der Waals surface area contributed by atoms with Crippen LogP contribution in [-0.4, -0.2) is 27.1 Å². The number of rotatable bonds is 6. The van der Waals surface area contributed by atoms with Crippen molar-refractivity contribution < 1.29 is 39.3 Å². The molecular formula is C17H15F5O4S. The maximum Gasteiger partial charge on any atom is 0.456 e. The molecule has 0 fully saturated rings. The maximum atomic E-state index is 13.0. The molecule has 0 amide bonds. The highest BCUT2D eigenvalue weighted by Crippen LogP contribution is 2.36. The zero-order valence-electron chi connectivity index (χ0n) is 14.2. The van der Waals surface area contributed by atoms with Crippen LogP contribution in [0.1, 0.15) is 11.1 Å². The van der Waals surface area contributed by atoms with Gasteiger partial charge in [-0.25, -0.2) is 0 Å². The van der Waals surface area contributed by atoms with Gasteiger partial charge in [0.05, 0.1) is 0 Å². The minimum absolute atomic E-state index is 0.0206. The highest BCUT2D eigenvalue weighted by atomic mass is 32.2. The molecule has 0 N–H and O–H groups in total. The molecule has 2 aromatic rings. The second-order valence-corrected chi connectivity index (χ2v) is 7.32. The third-order valence-electron chi connectivity index (χ3n) is 3.50. The van der Waals surface area contributed by atoms with E-state index in [4.69, 9.17) is 4.18 Å². The fourth-order valence-electron chi connectivity index (χ4n) is 1.91. The highest BCUT2D eigenvalue weighted by molar-refractivity contribution is 7.87. The molecule has 0 aromatic heterocycles. The molecule has 0 aliphatic heterocycles. The lowest BCUT2D eigenvalue weighted by atomic mass is 10.2. The van der Waals surface area contributed by atoms with Gasteiger partial charge >= 0.3 is 22.2 Å². The Morgan fingerprint density at radius 1 is 0.926 bits per heavy atom. The van der Waals surface area contributed by atoms with Crippen molar-refractivity contribution in [2.45, 2.75) is 30.8 Å². The van der Waals surface area contributed by atoms with Crippen LogP contribution >= 0.6 is 0 Å². The van der Waals surface area contributed by atoms with Gasteiger partial charge in [-0.15, -0.1) is 0 Å². The number of benzene rings is 2. The second kappa shape index (κ2) is 7.34. The molecule has 0 unspecified atom stereocenters. The zero-order valence-corrected chi connectivity index (χ0v) is 15.0. The van der Waals surface area contributed by atoms with E-state index in [1.165, 1.54) is 25.1 Å². The molecule has 0 spiro atoms. The second-order valence-electron chi connectivity index (χ2n) is 5.77. The van der Waals surface area contributed by atoms with E-state index < -0.39 is 39.5 Å². The number of hydrogen-bond acceptors (Lipinski definition) is 4. The molecule has 4 nitrogen and oxygen atoms in total. The lowest BCUT2D eigenvalue weighted by Crippen LogP contribution is -2.41. The molecular weight excluding hydrogens is 395 g/mol. The Morgan fingerprint density at radius 2 is 1.52 bits per heavy atom. The monoisotopic (exact) mass is 410 g/mol. The summed E-state index contributed by atoms with van der Waals surface area (Å²) in [5, 5.41) is 0. The molecule has 2 aromatic carbocycles. The third kappa shape index (κ3) is 5.09. The van der Waals surface area contributed by atoms with E-state index in [1.807, 2.05) is 0 Å². The summed E-state index contributed by atoms with van der Waals surface area (Å²) in [4.78, 5) is -0.445. The van der Waals surface area contributed by atoms with Gasteiger partial charge in [-0.1, -0.05) is 23.8 Å². The highest BCUT2D eigenvalue weighted by Gasteiger charge is 2.58. The van der Waals surface area contributed by atoms with Gasteiger partial charge in [0.1, 0.15) is 16.4 Å². The summed E-state index contributed by atoms with van der Waals surface area (Å²) in [6.07, 6.45) is -5.78. The van der Waals surface area contributed by atoms with Gasteiger partial charge in [-0.05, 0) is 37.6 Å². The Hall–Kier alpha value is -2.36. The molecule has 2 rings (SSSR count). The van der Waals surface area contributed by atoms with Gasteiger partial charge in [0, 0.05) is 6.07 Å². The van der Waals surface area contributed by atoms with Gasteiger partial charge in [-0.3, -0.25) is 0 Å². The number of ether oxygens (including phenoxy) is 1. The van der Waals surface area contributed by atoms with Crippen molar-refractivity contribution in [3.8, 4) is 11.5 Å². The molecule has 0 saturated heterocycles. The third-order valence-corrected chi connectivity index (χ3v) is 4.74. The van der Waals surface area contributed by atoms with Crippen molar-refractivity contribution >= 4 is 10.1 Å². The number of alkyl halides is 5. The first kappa shape index (κ1) is 20.9. The van der Waals surface area contributed by atoms with E-state index in [0.29, 0.717) is 0 Å². The summed E-state index contributed by atoms with van der Waals surface area (Å²) in [7, 11) is -4.34. The minimum atomic E-state index is -5.78. The Morgan fingerprint density at radius 3 is 2.07 bits per heavy atom. The lowest BCUT2D eigenvalue weighted by Gasteiger charge is -2.20. The first-order valence-electron chi connectivity index (χ1n) is 7.51. The summed E-state index contributed by atoms with van der Waals surface area (Å²) in [5.41, 5.74) is 1.05. The standard InChI is InChI=1S/C17H15F5O4S/c1-11-3-6-13(7-4-11)26-27(23,24)14-8-5-12(2)15(9-14)25-10-16(18,19)17(20,21)22/h3-9H,10H2,1-2H3. The first-order valence-corrected chi connectivity index (χ1v) is 8.92. The van der Waals surface area contributed by atoms with Gasteiger partial charge in [-0.2, -0.15) is 30.4 Å². The topological polar surface area (TPSA) is 52.6 Å². The van der Waals surface area contributed by atoms with Crippen LogP contribution in [0.4, 0.5) is 22.0 Å². The van der Waals surface area contributed by atoms with Crippen molar-refractivity contribution in [3.63, 3.8) is 0 Å². The Kier molecular flexibility index (Phi) is 5.69. The Labute approximate surface area is 152 Å². The predicted molar refractivity (Wildman–Crippen MR) is 86.7 cm³/mol. The van der Waals surface area contributed by atoms with Crippen LogP contribution < -0.4 is 8.92 Å². The van der Waals surface area contributed by atoms with Crippen molar-refractivity contribution in [1.82, 2.24) is 0 Å². The molecule has 0 heterocycles. The average Bonchev–Trinajstić information content (AvgIpc) is 2.55. The van der Waals surface area contributed by atoms with Crippen LogP contribution in [0.3, 0.4) is 0 Å². The largest absolute Gasteiger partial charge is 0.487 e. The van der Waals surface area contributed by atoms with Crippen LogP contribution in [0.25, 0.3) is 0 Å². The molecule has 0 bridgehead atoms. The van der Waals surface area contributed by atoms with E-state index in [2.05, 4.69) is 4.74 Å². The molecule has 0 saturated carbocycles. The molecule has 10 heteroatoms. The summed E-state index contributed by atoms with van der Waals surface area (Å²) in [6.45, 7) is 1.19. The van der Waals surface area contributed by atoms with Gasteiger partial charge in [0.15, 0.2) is 6.61 Å². The summed E-state index contributed by atoms with van der Waals surface area (Å²) >= 11 is 0. The summed E-state index contributed by atoms with van der Waals surface area (Å²) in [6, 6.07) is 9.26. The van der Waals surface area contributed by atoms with Gasteiger partial charge in [0.25, 0.3) is 0 Å². The molecule has 0 aliphatic carbocycles. The molecule has 0 atom stereocenters. The molecule has 148 valence electrons. The fraction of sp³-hybridized carbons (Fsp3) is 0.294. The van der Waals surface area contributed by atoms with Crippen LogP contribution in [0, 0.1) is 13.8 Å². The van der Waals surface area contributed by atoms with Gasteiger partial charge in [0.2, 0.25) is 0 Å². The van der Waals surface area contributed by atoms with Crippen molar-refractivity contribution in [3.05, 3.63) is 53.6 Å². The molecule has 27 heavy (non-hydrogen) atoms. The van der Waals surface area contributed by atoms with Crippen LogP contribution in [0.15, 0.2) is 47.4 Å². The predicted octanol–water partition coefficient (Wildman–Crippen LogP) is 4.65. The minimum Gasteiger partial charge on any atom is -0.487 e. The number of halogens is 5. The van der Waals surface area contributed by atoms with Gasteiger partial charge < -0.3 is 8.92 Å². The Balaban J connectivity index is 2.24. The number of aryl methyl sites for hydroxylation is 2. The summed E-state index contributed by atoms with van der Waals surface area (Å²) < 4.78 is 96.8. The van der Waals surface area contributed by atoms with E-state index in [-0.39, 0.29) is 11.3 Å². The van der Waals surface area contributed by atoms with E-state index >= 15 is 0 Å². The van der Waals surface area contributed by atoms with E-state index in [1.54, 1.807) is 19.1 Å². The van der Waals surface area contributed by atoms with Crippen molar-refractivity contribution in [2.75, 3.05) is 6.61 Å². The lowest BCUT2D eigenvalue weighted by molar-refractivity contribution is -0.290. The first-order chi connectivity index (χ1) is 12.3. The number of hydrogen-bond donors (Lipinski definition) is 0. The van der Waals surface area contributed by atoms with Crippen LogP contribution in [0.5, 0.6) is 11.5 Å². The average molecular weight is 410 g/mol. The van der Waals surface area contributed by atoms with E-state index in [9.17, 15) is 30.4 Å². The zero-order chi connectivity index (χ0) is 20.5. The molecule has 0 radical (unpaired) electrons. The van der Waals surface area contributed by atoms with Crippen molar-refractivity contribution in [2.24, 2.45) is 0 Å². The smallest absolute Gasteiger partial charge is 0.456 e. The van der Waals surface area contributed by atoms with E-state index in [0.717, 1.165) is 17.7 Å². The van der Waals surface area contributed by atoms with Crippen LogP contribution in [-0.2, 0) is 10.1 Å². The normalized spacial score (nSPS) is 12.7.